The second kappa shape index (κ2) is 7.22. The summed E-state index contributed by atoms with van der Waals surface area (Å²) in [5, 5.41) is 3.62. The van der Waals surface area contributed by atoms with E-state index in [0.717, 1.165) is 25.1 Å². The van der Waals surface area contributed by atoms with Crippen LogP contribution >= 0.6 is 11.6 Å². The molecule has 19 heavy (non-hydrogen) atoms. The van der Waals surface area contributed by atoms with Gasteiger partial charge in [0.2, 0.25) is 0 Å². The standard InChI is InChI=1S/C15H22ClFN2/c1-12(13-5-6-14(16)15(17)11-13)18-7-4-10-19-8-2-3-9-19/h5-6,11-12,18H,2-4,7-10H2,1H3. The van der Waals surface area contributed by atoms with Gasteiger partial charge in [-0.05, 0) is 70.1 Å². The quantitative estimate of drug-likeness (QED) is 0.803. The molecule has 1 fully saturated rings. The molecular formula is C15H22ClFN2. The van der Waals surface area contributed by atoms with Crippen LogP contribution in [0.2, 0.25) is 5.02 Å². The van der Waals surface area contributed by atoms with Gasteiger partial charge in [-0.25, -0.2) is 4.39 Å². The van der Waals surface area contributed by atoms with Gasteiger partial charge < -0.3 is 10.2 Å². The molecule has 1 heterocycles. The van der Waals surface area contributed by atoms with Crippen molar-refractivity contribution in [3.63, 3.8) is 0 Å². The minimum Gasteiger partial charge on any atom is -0.310 e. The van der Waals surface area contributed by atoms with Crippen LogP contribution in [-0.4, -0.2) is 31.1 Å². The van der Waals surface area contributed by atoms with Crippen LogP contribution in [0, 0.1) is 5.82 Å². The molecule has 0 aromatic heterocycles. The topological polar surface area (TPSA) is 15.3 Å². The van der Waals surface area contributed by atoms with Crippen LogP contribution in [0.25, 0.3) is 0 Å². The van der Waals surface area contributed by atoms with Crippen LogP contribution in [0.5, 0.6) is 0 Å². The van der Waals surface area contributed by atoms with E-state index in [4.69, 9.17) is 11.6 Å². The van der Waals surface area contributed by atoms with Crippen LogP contribution in [0.3, 0.4) is 0 Å². The molecular weight excluding hydrogens is 263 g/mol. The van der Waals surface area contributed by atoms with Crippen molar-refractivity contribution in [2.24, 2.45) is 0 Å². The third-order valence-electron chi connectivity index (χ3n) is 3.74. The highest BCUT2D eigenvalue weighted by Gasteiger charge is 2.11. The molecule has 1 aliphatic heterocycles. The predicted octanol–water partition coefficient (Wildman–Crippen LogP) is 3.62. The summed E-state index contributed by atoms with van der Waals surface area (Å²) in [6.07, 6.45) is 3.82. The average Bonchev–Trinajstić information content (AvgIpc) is 2.91. The summed E-state index contributed by atoms with van der Waals surface area (Å²) in [4.78, 5) is 2.51. The Labute approximate surface area is 119 Å². The van der Waals surface area contributed by atoms with Crippen molar-refractivity contribution in [2.75, 3.05) is 26.2 Å². The summed E-state index contributed by atoms with van der Waals surface area (Å²) in [5.74, 6) is -0.343. The van der Waals surface area contributed by atoms with Gasteiger partial charge in [-0.3, -0.25) is 0 Å². The smallest absolute Gasteiger partial charge is 0.142 e. The highest BCUT2D eigenvalue weighted by atomic mass is 35.5. The van der Waals surface area contributed by atoms with Gasteiger partial charge in [-0.1, -0.05) is 17.7 Å². The van der Waals surface area contributed by atoms with Crippen LogP contribution in [0.1, 0.15) is 37.8 Å². The summed E-state index contributed by atoms with van der Waals surface area (Å²) < 4.78 is 13.4. The van der Waals surface area contributed by atoms with E-state index in [1.54, 1.807) is 6.07 Å². The maximum absolute atomic E-state index is 13.4. The summed E-state index contributed by atoms with van der Waals surface area (Å²) in [5.41, 5.74) is 0.947. The second-order valence-electron chi connectivity index (χ2n) is 5.25. The zero-order valence-electron chi connectivity index (χ0n) is 11.5. The highest BCUT2D eigenvalue weighted by Crippen LogP contribution is 2.20. The van der Waals surface area contributed by atoms with E-state index >= 15 is 0 Å². The first-order chi connectivity index (χ1) is 9.16. The Morgan fingerprint density at radius 1 is 1.37 bits per heavy atom. The molecule has 106 valence electrons. The van der Waals surface area contributed by atoms with Gasteiger partial charge in [-0.2, -0.15) is 0 Å². The molecule has 1 atom stereocenters. The van der Waals surface area contributed by atoms with Gasteiger partial charge in [0, 0.05) is 6.04 Å². The number of rotatable bonds is 6. The molecule has 1 aromatic rings. The summed E-state index contributed by atoms with van der Waals surface area (Å²) >= 11 is 5.68. The van der Waals surface area contributed by atoms with Crippen molar-refractivity contribution in [3.8, 4) is 0 Å². The molecule has 0 amide bonds. The van der Waals surface area contributed by atoms with Gasteiger partial charge in [0.05, 0.1) is 5.02 Å². The maximum Gasteiger partial charge on any atom is 0.142 e. The van der Waals surface area contributed by atoms with Crippen molar-refractivity contribution in [3.05, 3.63) is 34.6 Å². The van der Waals surface area contributed by atoms with Gasteiger partial charge in [-0.15, -0.1) is 0 Å². The molecule has 1 saturated heterocycles. The Hall–Kier alpha value is -0.640. The summed E-state index contributed by atoms with van der Waals surface area (Å²) in [7, 11) is 0. The molecule has 0 aliphatic carbocycles. The minimum absolute atomic E-state index is 0.158. The molecule has 2 nitrogen and oxygen atoms in total. The Morgan fingerprint density at radius 3 is 2.79 bits per heavy atom. The molecule has 0 bridgehead atoms. The Morgan fingerprint density at radius 2 is 2.11 bits per heavy atom. The largest absolute Gasteiger partial charge is 0.310 e. The number of nitrogens with one attached hydrogen (secondary N) is 1. The van der Waals surface area contributed by atoms with Gasteiger partial charge in [0.25, 0.3) is 0 Å². The zero-order chi connectivity index (χ0) is 13.7. The van der Waals surface area contributed by atoms with Crippen LogP contribution in [-0.2, 0) is 0 Å². The number of nitrogens with zero attached hydrogens (tertiary/aromatic N) is 1. The van der Waals surface area contributed by atoms with Crippen LogP contribution < -0.4 is 5.32 Å². The predicted molar refractivity (Wildman–Crippen MR) is 78.1 cm³/mol. The minimum atomic E-state index is -0.343. The lowest BCUT2D eigenvalue weighted by Crippen LogP contribution is -2.26. The average molecular weight is 285 g/mol. The van der Waals surface area contributed by atoms with Gasteiger partial charge >= 0.3 is 0 Å². The van der Waals surface area contributed by atoms with Gasteiger partial charge in [0.1, 0.15) is 5.82 Å². The van der Waals surface area contributed by atoms with Crippen molar-refractivity contribution in [1.29, 1.82) is 0 Å². The number of halogens is 2. The number of hydrogen-bond acceptors (Lipinski definition) is 2. The third-order valence-corrected chi connectivity index (χ3v) is 4.05. The molecule has 4 heteroatoms. The molecule has 1 aromatic carbocycles. The van der Waals surface area contributed by atoms with E-state index in [1.807, 2.05) is 6.07 Å². The Bertz CT molecular complexity index is 405. The molecule has 0 spiro atoms. The summed E-state index contributed by atoms with van der Waals surface area (Å²) in [6.45, 7) is 6.67. The van der Waals surface area contributed by atoms with E-state index in [1.165, 1.54) is 32.0 Å². The lowest BCUT2D eigenvalue weighted by Gasteiger charge is -2.17. The van der Waals surface area contributed by atoms with Crippen molar-refractivity contribution >= 4 is 11.6 Å². The van der Waals surface area contributed by atoms with E-state index in [-0.39, 0.29) is 16.9 Å². The monoisotopic (exact) mass is 284 g/mol. The number of likely N-dealkylation sites (tertiary alicyclic amines) is 1. The number of benzene rings is 1. The zero-order valence-corrected chi connectivity index (χ0v) is 12.2. The fraction of sp³-hybridized carbons (Fsp3) is 0.600. The van der Waals surface area contributed by atoms with Crippen molar-refractivity contribution in [2.45, 2.75) is 32.2 Å². The van der Waals surface area contributed by atoms with Crippen LogP contribution in [0.4, 0.5) is 4.39 Å². The van der Waals surface area contributed by atoms with E-state index in [0.29, 0.717) is 0 Å². The van der Waals surface area contributed by atoms with E-state index < -0.39 is 0 Å². The van der Waals surface area contributed by atoms with E-state index in [9.17, 15) is 4.39 Å². The van der Waals surface area contributed by atoms with Gasteiger partial charge in [0.15, 0.2) is 0 Å². The molecule has 1 N–H and O–H groups in total. The molecule has 1 aliphatic rings. The van der Waals surface area contributed by atoms with E-state index in [2.05, 4.69) is 17.1 Å². The highest BCUT2D eigenvalue weighted by molar-refractivity contribution is 6.30. The second-order valence-corrected chi connectivity index (χ2v) is 5.66. The third kappa shape index (κ3) is 4.44. The maximum atomic E-state index is 13.4. The fourth-order valence-electron chi connectivity index (χ4n) is 2.53. The number of hydrogen-bond donors (Lipinski definition) is 1. The molecule has 1 unspecified atom stereocenters. The first kappa shape index (κ1) is 14.8. The fourth-order valence-corrected chi connectivity index (χ4v) is 2.64. The molecule has 0 saturated carbocycles. The first-order valence-corrected chi connectivity index (χ1v) is 7.45. The van der Waals surface area contributed by atoms with Crippen LogP contribution in [0.15, 0.2) is 18.2 Å². The summed E-state index contributed by atoms with van der Waals surface area (Å²) in [6, 6.07) is 5.17. The normalized spacial score (nSPS) is 17.8. The van der Waals surface area contributed by atoms with Crippen molar-refractivity contribution < 1.29 is 4.39 Å². The Kier molecular flexibility index (Phi) is 5.61. The Balaban J connectivity index is 1.71. The molecule has 0 radical (unpaired) electrons. The lowest BCUT2D eigenvalue weighted by atomic mass is 10.1. The SMILES string of the molecule is CC(NCCCN1CCCC1)c1ccc(Cl)c(F)c1. The lowest BCUT2D eigenvalue weighted by molar-refractivity contribution is 0.328. The molecule has 2 rings (SSSR count). The first-order valence-electron chi connectivity index (χ1n) is 7.07. The van der Waals surface area contributed by atoms with Crippen molar-refractivity contribution in [1.82, 2.24) is 10.2 Å².